The normalized spacial score (nSPS) is 16.0. The van der Waals surface area contributed by atoms with Crippen LogP contribution in [0.4, 0.5) is 0 Å². The molecule has 1 aromatic rings. The maximum atomic E-state index is 12.0. The van der Waals surface area contributed by atoms with Crippen LogP contribution < -0.4 is 10.6 Å². The number of hydrogen-bond acceptors (Lipinski definition) is 4. The lowest BCUT2D eigenvalue weighted by atomic mass is 9.96. The van der Waals surface area contributed by atoms with Crippen molar-refractivity contribution in [3.63, 3.8) is 0 Å². The van der Waals surface area contributed by atoms with E-state index in [1.54, 1.807) is 12.1 Å². The summed E-state index contributed by atoms with van der Waals surface area (Å²) in [6, 6.07) is 3.25. The van der Waals surface area contributed by atoms with E-state index in [1.807, 2.05) is 0 Å². The Kier molecular flexibility index (Phi) is 6.04. The van der Waals surface area contributed by atoms with E-state index in [1.165, 1.54) is 6.26 Å². The summed E-state index contributed by atoms with van der Waals surface area (Å²) in [5.41, 5.74) is 0. The van der Waals surface area contributed by atoms with Gasteiger partial charge < -0.3 is 15.1 Å². The molecule has 1 aromatic heterocycles. The van der Waals surface area contributed by atoms with E-state index in [0.717, 1.165) is 25.9 Å². The topological polar surface area (TPSA) is 74.6 Å². The van der Waals surface area contributed by atoms with Gasteiger partial charge in [0.05, 0.1) is 12.8 Å². The standard InChI is InChI=1S/C16H21N3O3/c1-2-9-19-10-5-13(6-11-19)15(20)17-7-8-18-16(21)14-4-3-12-22-14/h1,3-4,12-13H,5-11H2,(H,17,20)(H,18,21). The highest BCUT2D eigenvalue weighted by Crippen LogP contribution is 2.16. The Morgan fingerprint density at radius 1 is 1.32 bits per heavy atom. The Morgan fingerprint density at radius 3 is 2.68 bits per heavy atom. The molecule has 2 rings (SSSR count). The first kappa shape index (κ1) is 16.1. The molecule has 0 saturated carbocycles. The number of rotatable bonds is 6. The maximum absolute atomic E-state index is 12.0. The Balaban J connectivity index is 1.60. The molecule has 0 bridgehead atoms. The molecule has 1 aliphatic heterocycles. The summed E-state index contributed by atoms with van der Waals surface area (Å²) in [6.45, 7) is 3.15. The second kappa shape index (κ2) is 8.25. The van der Waals surface area contributed by atoms with Gasteiger partial charge in [-0.15, -0.1) is 6.42 Å². The van der Waals surface area contributed by atoms with Crippen molar-refractivity contribution in [3.05, 3.63) is 24.2 Å². The number of amides is 2. The molecule has 0 spiro atoms. The molecule has 2 N–H and O–H groups in total. The summed E-state index contributed by atoms with van der Waals surface area (Å²) in [7, 11) is 0. The van der Waals surface area contributed by atoms with Crippen LogP contribution in [-0.2, 0) is 4.79 Å². The molecule has 6 nitrogen and oxygen atoms in total. The lowest BCUT2D eigenvalue weighted by Gasteiger charge is -2.29. The highest BCUT2D eigenvalue weighted by Gasteiger charge is 2.24. The van der Waals surface area contributed by atoms with Gasteiger partial charge in [-0.2, -0.15) is 0 Å². The van der Waals surface area contributed by atoms with Crippen LogP contribution in [0, 0.1) is 18.3 Å². The second-order valence-corrected chi connectivity index (χ2v) is 5.28. The number of furan rings is 1. The molecule has 0 unspecified atom stereocenters. The molecular weight excluding hydrogens is 282 g/mol. The molecule has 0 radical (unpaired) electrons. The lowest BCUT2D eigenvalue weighted by molar-refractivity contribution is -0.126. The number of carbonyl (C=O) groups is 2. The van der Waals surface area contributed by atoms with Crippen molar-refractivity contribution < 1.29 is 14.0 Å². The number of hydrogen-bond donors (Lipinski definition) is 2. The van der Waals surface area contributed by atoms with Gasteiger partial charge in [-0.1, -0.05) is 5.92 Å². The fraction of sp³-hybridized carbons (Fsp3) is 0.500. The highest BCUT2D eigenvalue weighted by atomic mass is 16.3. The van der Waals surface area contributed by atoms with Crippen LogP contribution in [0.3, 0.4) is 0 Å². The minimum atomic E-state index is -0.276. The number of nitrogens with one attached hydrogen (secondary N) is 2. The van der Waals surface area contributed by atoms with Crippen molar-refractivity contribution in [2.45, 2.75) is 12.8 Å². The smallest absolute Gasteiger partial charge is 0.287 e. The molecule has 2 amide bonds. The minimum Gasteiger partial charge on any atom is -0.459 e. The summed E-state index contributed by atoms with van der Waals surface area (Å²) < 4.78 is 4.98. The van der Waals surface area contributed by atoms with Crippen LogP contribution in [0.5, 0.6) is 0 Å². The zero-order valence-corrected chi connectivity index (χ0v) is 12.5. The molecule has 0 aromatic carbocycles. The summed E-state index contributed by atoms with van der Waals surface area (Å²) in [5.74, 6) is 2.70. The van der Waals surface area contributed by atoms with E-state index in [0.29, 0.717) is 19.6 Å². The van der Waals surface area contributed by atoms with Gasteiger partial charge in [0.2, 0.25) is 5.91 Å². The highest BCUT2D eigenvalue weighted by molar-refractivity contribution is 5.91. The monoisotopic (exact) mass is 303 g/mol. The third kappa shape index (κ3) is 4.64. The second-order valence-electron chi connectivity index (χ2n) is 5.28. The van der Waals surface area contributed by atoms with Gasteiger partial charge in [0.15, 0.2) is 5.76 Å². The minimum absolute atomic E-state index is 0.0369. The molecule has 1 aliphatic rings. The van der Waals surface area contributed by atoms with Gasteiger partial charge in [0, 0.05) is 19.0 Å². The predicted molar refractivity (Wildman–Crippen MR) is 82.0 cm³/mol. The summed E-state index contributed by atoms with van der Waals surface area (Å²) >= 11 is 0. The average Bonchev–Trinajstić information content (AvgIpc) is 3.06. The fourth-order valence-electron chi connectivity index (χ4n) is 2.48. The maximum Gasteiger partial charge on any atom is 0.287 e. The van der Waals surface area contributed by atoms with Gasteiger partial charge in [-0.3, -0.25) is 14.5 Å². The Labute approximate surface area is 130 Å². The van der Waals surface area contributed by atoms with Gasteiger partial charge in [-0.05, 0) is 38.1 Å². The molecule has 118 valence electrons. The Hall–Kier alpha value is -2.26. The Bertz CT molecular complexity index is 525. The molecule has 1 saturated heterocycles. The SMILES string of the molecule is C#CCN1CCC(C(=O)NCCNC(=O)c2ccco2)CC1. The zero-order valence-electron chi connectivity index (χ0n) is 12.5. The van der Waals surface area contributed by atoms with Crippen molar-refractivity contribution in [1.29, 1.82) is 0 Å². The number of carbonyl (C=O) groups excluding carboxylic acids is 2. The third-order valence-corrected chi connectivity index (χ3v) is 3.73. The van der Waals surface area contributed by atoms with Gasteiger partial charge >= 0.3 is 0 Å². The molecule has 22 heavy (non-hydrogen) atoms. The van der Waals surface area contributed by atoms with Crippen LogP contribution in [0.15, 0.2) is 22.8 Å². The van der Waals surface area contributed by atoms with Crippen molar-refractivity contribution in [1.82, 2.24) is 15.5 Å². The summed E-state index contributed by atoms with van der Waals surface area (Å²) in [4.78, 5) is 25.8. The van der Waals surface area contributed by atoms with Gasteiger partial charge in [0.1, 0.15) is 0 Å². The van der Waals surface area contributed by atoms with Crippen molar-refractivity contribution in [3.8, 4) is 12.3 Å². The van der Waals surface area contributed by atoms with E-state index in [-0.39, 0.29) is 23.5 Å². The number of piperidine rings is 1. The lowest BCUT2D eigenvalue weighted by Crippen LogP contribution is -2.42. The first-order valence-electron chi connectivity index (χ1n) is 7.46. The summed E-state index contributed by atoms with van der Waals surface area (Å²) in [6.07, 6.45) is 8.38. The van der Waals surface area contributed by atoms with Crippen molar-refractivity contribution in [2.24, 2.45) is 5.92 Å². The van der Waals surface area contributed by atoms with E-state index < -0.39 is 0 Å². The van der Waals surface area contributed by atoms with Crippen LogP contribution in [0.25, 0.3) is 0 Å². The first-order valence-corrected chi connectivity index (χ1v) is 7.46. The number of likely N-dealkylation sites (tertiary alicyclic amines) is 1. The molecule has 1 fully saturated rings. The van der Waals surface area contributed by atoms with Crippen LogP contribution in [0.2, 0.25) is 0 Å². The molecular formula is C16H21N3O3. The first-order chi connectivity index (χ1) is 10.7. The quantitative estimate of drug-likeness (QED) is 0.592. The largest absolute Gasteiger partial charge is 0.459 e. The molecule has 0 aliphatic carbocycles. The Morgan fingerprint density at radius 2 is 2.05 bits per heavy atom. The number of terminal acetylenes is 1. The molecule has 0 atom stereocenters. The molecule has 6 heteroatoms. The van der Waals surface area contributed by atoms with Crippen molar-refractivity contribution >= 4 is 11.8 Å². The van der Waals surface area contributed by atoms with Crippen LogP contribution >= 0.6 is 0 Å². The van der Waals surface area contributed by atoms with E-state index in [4.69, 9.17) is 10.8 Å². The third-order valence-electron chi connectivity index (χ3n) is 3.73. The summed E-state index contributed by atoms with van der Waals surface area (Å²) in [5, 5.41) is 5.55. The molecule has 2 heterocycles. The fourth-order valence-corrected chi connectivity index (χ4v) is 2.48. The van der Waals surface area contributed by atoms with Crippen LogP contribution in [0.1, 0.15) is 23.4 Å². The van der Waals surface area contributed by atoms with Gasteiger partial charge in [-0.25, -0.2) is 0 Å². The van der Waals surface area contributed by atoms with Crippen LogP contribution in [-0.4, -0.2) is 49.4 Å². The van der Waals surface area contributed by atoms with Gasteiger partial charge in [0.25, 0.3) is 5.91 Å². The van der Waals surface area contributed by atoms with E-state index in [9.17, 15) is 9.59 Å². The average molecular weight is 303 g/mol. The van der Waals surface area contributed by atoms with E-state index >= 15 is 0 Å². The number of nitrogens with zero attached hydrogens (tertiary/aromatic N) is 1. The zero-order chi connectivity index (χ0) is 15.8. The predicted octanol–water partition coefficient (Wildman–Crippen LogP) is 0.471. The van der Waals surface area contributed by atoms with Crippen molar-refractivity contribution in [2.75, 3.05) is 32.7 Å². The van der Waals surface area contributed by atoms with E-state index in [2.05, 4.69) is 21.5 Å².